The molecule has 1 fully saturated rings. The maximum absolute atomic E-state index is 9.90. The minimum atomic E-state index is 0.177. The number of para-hydroxylation sites is 1. The molecule has 0 spiro atoms. The highest BCUT2D eigenvalue weighted by molar-refractivity contribution is 7.99. The molecule has 24 heavy (non-hydrogen) atoms. The molecule has 1 aliphatic heterocycles. The van der Waals surface area contributed by atoms with Gasteiger partial charge in [0, 0.05) is 43.4 Å². The number of nitrogens with zero attached hydrogens (tertiary/aromatic N) is 1. The number of nitrogens with one attached hydrogen (secondary N) is 1. The predicted molar refractivity (Wildman–Crippen MR) is 101 cm³/mol. The van der Waals surface area contributed by atoms with Crippen LogP contribution in [0.25, 0.3) is 0 Å². The van der Waals surface area contributed by atoms with Crippen LogP contribution in [0.2, 0.25) is 0 Å². The topological polar surface area (TPSA) is 44.7 Å². The van der Waals surface area contributed by atoms with Crippen molar-refractivity contribution in [2.24, 2.45) is 0 Å². The predicted octanol–water partition coefficient (Wildman–Crippen LogP) is 3.56. The van der Waals surface area contributed by atoms with Crippen molar-refractivity contribution in [1.29, 1.82) is 0 Å². The number of benzene rings is 2. The number of aromatic hydroxyl groups is 1. The van der Waals surface area contributed by atoms with Crippen molar-refractivity contribution in [2.45, 2.75) is 13.1 Å². The number of anilines is 1. The van der Waals surface area contributed by atoms with E-state index < -0.39 is 0 Å². The second kappa shape index (κ2) is 8.31. The van der Waals surface area contributed by atoms with E-state index in [1.54, 1.807) is 19.2 Å². The van der Waals surface area contributed by atoms with Gasteiger partial charge in [-0.2, -0.15) is 11.8 Å². The fraction of sp³-hybridized carbons (Fsp3) is 0.368. The highest BCUT2D eigenvalue weighted by Crippen LogP contribution is 2.27. The summed E-state index contributed by atoms with van der Waals surface area (Å²) in [6, 6.07) is 14.0. The van der Waals surface area contributed by atoms with Crippen LogP contribution in [0.1, 0.15) is 11.1 Å². The Kier molecular flexibility index (Phi) is 5.88. The van der Waals surface area contributed by atoms with Crippen LogP contribution in [0.4, 0.5) is 5.69 Å². The highest BCUT2D eigenvalue weighted by atomic mass is 32.2. The van der Waals surface area contributed by atoms with E-state index >= 15 is 0 Å². The smallest absolute Gasteiger partial charge is 0.160 e. The third-order valence-corrected chi connectivity index (χ3v) is 5.18. The Hall–Kier alpha value is -1.85. The number of rotatable bonds is 6. The number of ether oxygens (including phenoxy) is 1. The zero-order valence-electron chi connectivity index (χ0n) is 14.0. The van der Waals surface area contributed by atoms with Gasteiger partial charge in [0.05, 0.1) is 7.11 Å². The molecule has 0 unspecified atom stereocenters. The molecule has 2 aromatic carbocycles. The first-order valence-electron chi connectivity index (χ1n) is 8.24. The lowest BCUT2D eigenvalue weighted by molar-refractivity contribution is 0.295. The number of phenols is 1. The summed E-state index contributed by atoms with van der Waals surface area (Å²) in [5.41, 5.74) is 3.51. The number of methoxy groups -OCH3 is 1. The molecule has 0 saturated carbocycles. The molecule has 4 nitrogen and oxygen atoms in total. The summed E-state index contributed by atoms with van der Waals surface area (Å²) in [6.45, 7) is 3.97. The van der Waals surface area contributed by atoms with Gasteiger partial charge in [-0.15, -0.1) is 0 Å². The first-order chi connectivity index (χ1) is 11.8. The Morgan fingerprint density at radius 3 is 2.71 bits per heavy atom. The van der Waals surface area contributed by atoms with Crippen LogP contribution in [-0.2, 0) is 13.1 Å². The summed E-state index contributed by atoms with van der Waals surface area (Å²) in [5.74, 6) is 3.12. The van der Waals surface area contributed by atoms with Gasteiger partial charge >= 0.3 is 0 Å². The number of hydrogen-bond acceptors (Lipinski definition) is 5. The van der Waals surface area contributed by atoms with Crippen LogP contribution in [0, 0.1) is 0 Å². The van der Waals surface area contributed by atoms with E-state index in [2.05, 4.69) is 34.5 Å². The Balaban J connectivity index is 1.65. The second-order valence-electron chi connectivity index (χ2n) is 5.91. The summed E-state index contributed by atoms with van der Waals surface area (Å²) in [7, 11) is 1.56. The van der Waals surface area contributed by atoms with Gasteiger partial charge in [-0.1, -0.05) is 24.3 Å². The monoisotopic (exact) mass is 344 g/mol. The minimum Gasteiger partial charge on any atom is -0.504 e. The molecule has 0 radical (unpaired) electrons. The molecule has 0 aliphatic carbocycles. The van der Waals surface area contributed by atoms with Crippen LogP contribution in [-0.4, -0.2) is 41.7 Å². The van der Waals surface area contributed by atoms with E-state index in [1.807, 2.05) is 17.8 Å². The Morgan fingerprint density at radius 2 is 1.96 bits per heavy atom. The van der Waals surface area contributed by atoms with Crippen LogP contribution < -0.4 is 10.1 Å². The average Bonchev–Trinajstić information content (AvgIpc) is 2.62. The summed E-state index contributed by atoms with van der Waals surface area (Å²) >= 11 is 2.03. The molecule has 0 bridgehead atoms. The van der Waals surface area contributed by atoms with Crippen molar-refractivity contribution in [3.63, 3.8) is 0 Å². The van der Waals surface area contributed by atoms with Gasteiger partial charge in [-0.05, 0) is 29.3 Å². The van der Waals surface area contributed by atoms with E-state index in [0.717, 1.165) is 30.9 Å². The normalized spacial score (nSPS) is 15.2. The van der Waals surface area contributed by atoms with Crippen LogP contribution in [0.3, 0.4) is 0 Å². The highest BCUT2D eigenvalue weighted by Gasteiger charge is 2.12. The van der Waals surface area contributed by atoms with Gasteiger partial charge in [0.2, 0.25) is 0 Å². The Labute approximate surface area is 147 Å². The molecule has 2 N–H and O–H groups in total. The molecule has 0 amide bonds. The third-order valence-electron chi connectivity index (χ3n) is 4.24. The van der Waals surface area contributed by atoms with E-state index in [4.69, 9.17) is 4.74 Å². The van der Waals surface area contributed by atoms with Crippen molar-refractivity contribution < 1.29 is 9.84 Å². The standard InChI is InChI=1S/C19H24N2O2S/c1-23-19-7-6-15(12-18(19)22)13-20-17-5-3-2-4-16(17)14-21-8-10-24-11-9-21/h2-7,12,20,22H,8-11,13-14H2,1H3. The minimum absolute atomic E-state index is 0.177. The van der Waals surface area contributed by atoms with Crippen molar-refractivity contribution in [3.8, 4) is 11.5 Å². The molecule has 5 heteroatoms. The lowest BCUT2D eigenvalue weighted by Gasteiger charge is -2.27. The number of hydrogen-bond donors (Lipinski definition) is 2. The lowest BCUT2D eigenvalue weighted by atomic mass is 10.1. The first kappa shape index (κ1) is 17.0. The molecule has 128 valence electrons. The maximum atomic E-state index is 9.90. The third kappa shape index (κ3) is 4.36. The average molecular weight is 344 g/mol. The summed E-state index contributed by atoms with van der Waals surface area (Å²) < 4.78 is 5.09. The van der Waals surface area contributed by atoms with E-state index in [9.17, 15) is 5.11 Å². The molecule has 3 rings (SSSR count). The van der Waals surface area contributed by atoms with Gasteiger partial charge in [0.1, 0.15) is 0 Å². The summed E-state index contributed by atoms with van der Waals surface area (Å²) in [4.78, 5) is 2.51. The SMILES string of the molecule is COc1ccc(CNc2ccccc2CN2CCSCC2)cc1O. The quantitative estimate of drug-likeness (QED) is 0.839. The zero-order valence-corrected chi connectivity index (χ0v) is 14.8. The lowest BCUT2D eigenvalue weighted by Crippen LogP contribution is -2.32. The van der Waals surface area contributed by atoms with Crippen molar-refractivity contribution >= 4 is 17.4 Å². The molecule has 1 heterocycles. The molecule has 0 atom stereocenters. The van der Waals surface area contributed by atoms with Crippen molar-refractivity contribution in [1.82, 2.24) is 4.90 Å². The molecule has 1 aliphatic rings. The van der Waals surface area contributed by atoms with Crippen molar-refractivity contribution in [3.05, 3.63) is 53.6 Å². The van der Waals surface area contributed by atoms with E-state index in [-0.39, 0.29) is 5.75 Å². The maximum Gasteiger partial charge on any atom is 0.160 e. The fourth-order valence-corrected chi connectivity index (χ4v) is 3.85. The molecular formula is C19H24N2O2S. The Morgan fingerprint density at radius 1 is 1.17 bits per heavy atom. The first-order valence-corrected chi connectivity index (χ1v) is 9.39. The van der Waals surface area contributed by atoms with Gasteiger partial charge in [-0.25, -0.2) is 0 Å². The Bertz CT molecular complexity index is 672. The molecule has 1 saturated heterocycles. The van der Waals surface area contributed by atoms with Crippen molar-refractivity contribution in [2.75, 3.05) is 37.0 Å². The van der Waals surface area contributed by atoms with E-state index in [1.165, 1.54) is 17.1 Å². The van der Waals surface area contributed by atoms with Crippen LogP contribution in [0.5, 0.6) is 11.5 Å². The molecular weight excluding hydrogens is 320 g/mol. The van der Waals surface area contributed by atoms with Gasteiger partial charge < -0.3 is 15.2 Å². The van der Waals surface area contributed by atoms with Crippen LogP contribution >= 0.6 is 11.8 Å². The molecule has 2 aromatic rings. The van der Waals surface area contributed by atoms with E-state index in [0.29, 0.717) is 12.3 Å². The van der Waals surface area contributed by atoms with Crippen LogP contribution in [0.15, 0.2) is 42.5 Å². The number of thioether (sulfide) groups is 1. The fourth-order valence-electron chi connectivity index (χ4n) is 2.87. The summed E-state index contributed by atoms with van der Waals surface area (Å²) in [5, 5.41) is 13.4. The van der Waals surface area contributed by atoms with Gasteiger partial charge in [0.15, 0.2) is 11.5 Å². The largest absolute Gasteiger partial charge is 0.504 e. The van der Waals surface area contributed by atoms with Gasteiger partial charge in [-0.3, -0.25) is 4.90 Å². The van der Waals surface area contributed by atoms with Gasteiger partial charge in [0.25, 0.3) is 0 Å². The summed E-state index contributed by atoms with van der Waals surface area (Å²) in [6.07, 6.45) is 0. The zero-order chi connectivity index (χ0) is 16.8. The number of phenolic OH excluding ortho intramolecular Hbond substituents is 1. The second-order valence-corrected chi connectivity index (χ2v) is 7.13. The molecule has 0 aromatic heterocycles.